The van der Waals surface area contributed by atoms with Gasteiger partial charge in [0.2, 0.25) is 0 Å². The van der Waals surface area contributed by atoms with E-state index >= 15 is 0 Å². The number of alkyl carbamates (subject to hydrolysis) is 1. The summed E-state index contributed by atoms with van der Waals surface area (Å²) in [6, 6.07) is 12.7. The second-order valence-electron chi connectivity index (χ2n) is 14.1. The van der Waals surface area contributed by atoms with Crippen molar-refractivity contribution >= 4 is 38.9 Å². The Morgan fingerprint density at radius 1 is 0.942 bits per heavy atom. The normalized spacial score (nSPS) is 12.7. The number of nitrogens with zero attached hydrogens (tertiary/aromatic N) is 4. The van der Waals surface area contributed by atoms with Crippen LogP contribution in [-0.4, -0.2) is 63.6 Å². The second kappa shape index (κ2) is 14.7. The van der Waals surface area contributed by atoms with Crippen molar-refractivity contribution in [3.8, 4) is 28.3 Å². The van der Waals surface area contributed by atoms with Gasteiger partial charge in [0.05, 0.1) is 40.5 Å². The third-order valence-electron chi connectivity index (χ3n) is 7.64. The highest BCUT2D eigenvalue weighted by molar-refractivity contribution is 7.90. The first-order valence-electron chi connectivity index (χ1n) is 16.7. The molecular formula is C37H44N6O8S. The van der Waals surface area contributed by atoms with Gasteiger partial charge in [-0.05, 0) is 92.1 Å². The summed E-state index contributed by atoms with van der Waals surface area (Å²) in [5.74, 6) is 0.771. The summed E-state index contributed by atoms with van der Waals surface area (Å²) in [6.45, 7) is 15.9. The van der Waals surface area contributed by atoms with Gasteiger partial charge < -0.3 is 23.9 Å². The van der Waals surface area contributed by atoms with Crippen LogP contribution in [0.5, 0.6) is 5.75 Å². The molecule has 5 aromatic rings. The van der Waals surface area contributed by atoms with Gasteiger partial charge in [0.15, 0.2) is 11.6 Å². The van der Waals surface area contributed by atoms with E-state index in [1.54, 1.807) is 91.8 Å². The van der Waals surface area contributed by atoms with E-state index in [9.17, 15) is 18.0 Å². The second-order valence-corrected chi connectivity index (χ2v) is 15.9. The maximum Gasteiger partial charge on any atom is 0.413 e. The van der Waals surface area contributed by atoms with E-state index < -0.39 is 39.5 Å². The third-order valence-corrected chi connectivity index (χ3v) is 9.24. The average molecular weight is 733 g/mol. The predicted octanol–water partition coefficient (Wildman–Crippen LogP) is 7.64. The monoisotopic (exact) mass is 732 g/mol. The molecule has 0 unspecified atom stereocenters. The number of hydrogen-bond donors (Lipinski definition) is 2. The number of aryl methyl sites for hydroxylation is 2. The van der Waals surface area contributed by atoms with Crippen LogP contribution in [-0.2, 0) is 19.5 Å². The van der Waals surface area contributed by atoms with Gasteiger partial charge >= 0.3 is 12.2 Å². The molecule has 15 heteroatoms. The molecule has 0 spiro atoms. The fourth-order valence-corrected chi connectivity index (χ4v) is 6.54. The molecule has 14 nitrogen and oxygen atoms in total. The van der Waals surface area contributed by atoms with Crippen molar-refractivity contribution in [1.29, 1.82) is 0 Å². The molecule has 4 heterocycles. The van der Waals surface area contributed by atoms with Crippen molar-refractivity contribution in [1.82, 2.24) is 24.5 Å². The molecule has 0 aliphatic carbocycles. The Labute approximate surface area is 302 Å². The lowest BCUT2D eigenvalue weighted by Crippen LogP contribution is -2.41. The molecule has 276 valence electrons. The highest BCUT2D eigenvalue weighted by Gasteiger charge is 2.27. The van der Waals surface area contributed by atoms with Crippen molar-refractivity contribution in [3.63, 3.8) is 0 Å². The minimum absolute atomic E-state index is 0.000363. The summed E-state index contributed by atoms with van der Waals surface area (Å²) >= 11 is 0. The molecule has 0 aliphatic rings. The van der Waals surface area contributed by atoms with Crippen LogP contribution in [0.15, 0.2) is 70.3 Å². The number of amides is 2. The number of carbonyl (C=O) groups excluding carboxylic acids is 2. The highest BCUT2D eigenvalue weighted by atomic mass is 32.2. The number of anilines is 1. The van der Waals surface area contributed by atoms with Gasteiger partial charge in [0, 0.05) is 16.5 Å². The van der Waals surface area contributed by atoms with Crippen LogP contribution in [0.4, 0.5) is 15.4 Å². The van der Waals surface area contributed by atoms with E-state index in [2.05, 4.69) is 20.7 Å². The van der Waals surface area contributed by atoms with Gasteiger partial charge in [-0.15, -0.1) is 0 Å². The van der Waals surface area contributed by atoms with Gasteiger partial charge in [-0.25, -0.2) is 14.6 Å². The Balaban J connectivity index is 1.63. The average Bonchev–Trinajstić information content (AvgIpc) is 3.64. The Bertz CT molecular complexity index is 2200. The van der Waals surface area contributed by atoms with Crippen molar-refractivity contribution in [2.24, 2.45) is 0 Å². The van der Waals surface area contributed by atoms with Crippen LogP contribution in [0.25, 0.3) is 33.4 Å². The largest absolute Gasteiger partial charge is 0.488 e. The summed E-state index contributed by atoms with van der Waals surface area (Å²) in [7, 11) is -4.02. The Morgan fingerprint density at radius 3 is 2.23 bits per heavy atom. The Kier molecular flexibility index (Phi) is 10.7. The molecule has 0 fully saturated rings. The molecule has 1 aromatic carbocycles. The first-order chi connectivity index (χ1) is 24.4. The topological polar surface area (TPSA) is 177 Å². The first kappa shape index (κ1) is 37.8. The molecule has 0 aliphatic heterocycles. The summed E-state index contributed by atoms with van der Waals surface area (Å²) in [5.41, 5.74) is 1.19. The summed E-state index contributed by atoms with van der Waals surface area (Å²) in [5, 5.41) is 10.5. The number of nitrogens with one attached hydrogen (secondary N) is 2. The van der Waals surface area contributed by atoms with Crippen LogP contribution in [0.3, 0.4) is 0 Å². The lowest BCUT2D eigenvalue weighted by molar-refractivity contribution is 0.0486. The van der Waals surface area contributed by atoms with Crippen molar-refractivity contribution in [2.45, 2.75) is 90.9 Å². The molecule has 0 saturated carbocycles. The quantitative estimate of drug-likeness (QED) is 0.144. The summed E-state index contributed by atoms with van der Waals surface area (Å²) < 4.78 is 51.0. The Morgan fingerprint density at radius 2 is 1.62 bits per heavy atom. The summed E-state index contributed by atoms with van der Waals surface area (Å²) in [6.07, 6.45) is 2.13. The zero-order valence-corrected chi connectivity index (χ0v) is 31.5. The van der Waals surface area contributed by atoms with Crippen LogP contribution < -0.4 is 15.4 Å². The van der Waals surface area contributed by atoms with Crippen LogP contribution >= 0.6 is 0 Å². The number of carbonyl (C=O) groups is 2. The van der Waals surface area contributed by atoms with Gasteiger partial charge in [-0.2, -0.15) is 17.6 Å². The molecular weight excluding hydrogens is 689 g/mol. The van der Waals surface area contributed by atoms with Gasteiger partial charge in [0.25, 0.3) is 10.0 Å². The minimum Gasteiger partial charge on any atom is -0.488 e. The predicted molar refractivity (Wildman–Crippen MR) is 196 cm³/mol. The molecule has 2 N–H and O–H groups in total. The minimum atomic E-state index is -4.02. The SMILES string of the molecule is CC[C@@H](COc1cc(-c2cc3c(C)nn(S(=O)(=O)c4ccccc4)c3cn2)c(-c2ccoc2C)nc1NC(=O)OC(C)(C)C)NC(=O)OC(C)(C)C. The third kappa shape index (κ3) is 8.70. The number of ether oxygens (including phenoxy) is 3. The molecule has 0 bridgehead atoms. The van der Waals surface area contributed by atoms with Crippen LogP contribution in [0.2, 0.25) is 0 Å². The van der Waals surface area contributed by atoms with E-state index in [4.69, 9.17) is 23.6 Å². The molecule has 4 aromatic heterocycles. The van der Waals surface area contributed by atoms with E-state index in [1.807, 2.05) is 6.92 Å². The molecule has 5 rings (SSSR count). The number of furan rings is 1. The number of fused-ring (bicyclic) bond motifs is 1. The van der Waals surface area contributed by atoms with Gasteiger partial charge in [0.1, 0.15) is 29.1 Å². The van der Waals surface area contributed by atoms with Crippen molar-refractivity contribution < 1.29 is 36.6 Å². The fourth-order valence-electron chi connectivity index (χ4n) is 5.21. The lowest BCUT2D eigenvalue weighted by Gasteiger charge is -2.24. The number of pyridine rings is 2. The molecule has 1 atom stereocenters. The smallest absolute Gasteiger partial charge is 0.413 e. The molecule has 52 heavy (non-hydrogen) atoms. The zero-order valence-electron chi connectivity index (χ0n) is 30.7. The number of hydrogen-bond acceptors (Lipinski definition) is 11. The zero-order chi connectivity index (χ0) is 38.0. The van der Waals surface area contributed by atoms with E-state index in [0.717, 1.165) is 4.09 Å². The number of rotatable bonds is 10. The lowest BCUT2D eigenvalue weighted by atomic mass is 10.0. The van der Waals surface area contributed by atoms with Gasteiger partial charge in [-0.3, -0.25) is 10.3 Å². The number of benzene rings is 1. The summed E-state index contributed by atoms with van der Waals surface area (Å²) in [4.78, 5) is 35.3. The standard InChI is InChI=1S/C37H44N6O8S/c1-10-24(39-34(44)50-36(4,5)6)21-49-31-19-28(32(26-16-17-48-23(26)3)40-33(31)41-35(45)51-37(7,8)9)29-18-27-22(2)42-43(30(27)20-38-29)52(46,47)25-14-12-11-13-15-25/h11-20,24H,10,21H2,1-9H3,(H,39,44)(H,40,41,45)/t24-/m0/s1. The molecule has 0 saturated heterocycles. The van der Waals surface area contributed by atoms with E-state index in [0.29, 0.717) is 45.8 Å². The van der Waals surface area contributed by atoms with E-state index in [1.165, 1.54) is 24.6 Å². The number of aromatic nitrogens is 4. The van der Waals surface area contributed by atoms with Crippen molar-refractivity contribution in [2.75, 3.05) is 11.9 Å². The van der Waals surface area contributed by atoms with Crippen molar-refractivity contribution in [3.05, 3.63) is 72.4 Å². The molecule has 0 radical (unpaired) electrons. The van der Waals surface area contributed by atoms with Crippen LogP contribution in [0, 0.1) is 13.8 Å². The molecule has 2 amide bonds. The maximum absolute atomic E-state index is 13.6. The highest BCUT2D eigenvalue weighted by Crippen LogP contribution is 2.39. The van der Waals surface area contributed by atoms with E-state index in [-0.39, 0.29) is 28.6 Å². The first-order valence-corrected chi connectivity index (χ1v) is 18.2. The van der Waals surface area contributed by atoms with Gasteiger partial charge in [-0.1, -0.05) is 25.1 Å². The van der Waals surface area contributed by atoms with Crippen LogP contribution in [0.1, 0.15) is 66.3 Å². The maximum atomic E-state index is 13.6. The fraction of sp³-hybridized carbons (Fsp3) is 0.378. The Hall–Kier alpha value is -5.44.